The molecule has 20 heavy (non-hydrogen) atoms. The summed E-state index contributed by atoms with van der Waals surface area (Å²) in [7, 11) is 0. The second-order valence-corrected chi connectivity index (χ2v) is 4.80. The predicted molar refractivity (Wildman–Crippen MR) is 79.0 cm³/mol. The van der Waals surface area contributed by atoms with E-state index < -0.39 is 11.9 Å². The molecule has 0 saturated carbocycles. The van der Waals surface area contributed by atoms with Gasteiger partial charge in [-0.15, -0.1) is 0 Å². The summed E-state index contributed by atoms with van der Waals surface area (Å²) in [5, 5.41) is 2.65. The molecule has 1 aromatic carbocycles. The van der Waals surface area contributed by atoms with E-state index in [4.69, 9.17) is 10.5 Å². The molecule has 0 heterocycles. The maximum absolute atomic E-state index is 13.0. The Morgan fingerprint density at radius 1 is 1.40 bits per heavy atom. The predicted octanol–water partition coefficient (Wildman–Crippen LogP) is 3.33. The molecule has 0 radical (unpaired) electrons. The number of amides is 1. The van der Waals surface area contributed by atoms with Gasteiger partial charge in [0.15, 0.2) is 0 Å². The van der Waals surface area contributed by atoms with E-state index in [9.17, 15) is 9.18 Å². The van der Waals surface area contributed by atoms with Crippen LogP contribution in [0.2, 0.25) is 0 Å². The third-order valence-corrected chi connectivity index (χ3v) is 3.00. The van der Waals surface area contributed by atoms with Crippen molar-refractivity contribution in [1.29, 1.82) is 0 Å². The highest BCUT2D eigenvalue weighted by molar-refractivity contribution is 5.94. The van der Waals surface area contributed by atoms with E-state index in [-0.39, 0.29) is 11.6 Å². The van der Waals surface area contributed by atoms with E-state index in [0.717, 1.165) is 12.8 Å². The highest BCUT2D eigenvalue weighted by Crippen LogP contribution is 2.16. The Labute approximate surface area is 119 Å². The molecular weight excluding hydrogens is 259 g/mol. The van der Waals surface area contributed by atoms with Gasteiger partial charge in [-0.3, -0.25) is 4.79 Å². The van der Waals surface area contributed by atoms with Crippen LogP contribution < -0.4 is 11.1 Å². The molecule has 112 valence electrons. The van der Waals surface area contributed by atoms with Crippen LogP contribution in [0.3, 0.4) is 0 Å². The molecule has 0 aliphatic carbocycles. The number of nitrogens with one attached hydrogen (secondary N) is 1. The molecule has 0 aromatic heterocycles. The lowest BCUT2D eigenvalue weighted by atomic mass is 10.2. The third-order valence-electron chi connectivity index (χ3n) is 3.00. The number of unbranched alkanes of at least 4 members (excludes halogenated alkanes) is 3. The summed E-state index contributed by atoms with van der Waals surface area (Å²) in [5.74, 6) is -0.755. The smallest absolute Gasteiger partial charge is 0.253 e. The van der Waals surface area contributed by atoms with Crippen molar-refractivity contribution in [3.8, 4) is 0 Å². The molecule has 1 atom stereocenters. The van der Waals surface area contributed by atoms with E-state index in [1.807, 2.05) is 0 Å². The minimum Gasteiger partial charge on any atom is -0.396 e. The number of rotatable bonds is 8. The average Bonchev–Trinajstić information content (AvgIpc) is 2.42. The maximum Gasteiger partial charge on any atom is 0.253 e. The van der Waals surface area contributed by atoms with E-state index in [1.165, 1.54) is 31.0 Å². The van der Waals surface area contributed by atoms with Crippen LogP contribution in [0.5, 0.6) is 0 Å². The lowest BCUT2D eigenvalue weighted by Crippen LogP contribution is -2.28. The van der Waals surface area contributed by atoms with Gasteiger partial charge in [0.25, 0.3) is 5.91 Å². The molecule has 4 nitrogen and oxygen atoms in total. The fraction of sp³-hybridized carbons (Fsp3) is 0.533. The molecular formula is C15H23FN2O2. The number of carbonyl (C=O) groups is 1. The largest absolute Gasteiger partial charge is 0.396 e. The molecule has 1 aromatic rings. The topological polar surface area (TPSA) is 64.3 Å². The average molecular weight is 282 g/mol. The number of halogens is 1. The van der Waals surface area contributed by atoms with Crippen LogP contribution >= 0.6 is 0 Å². The van der Waals surface area contributed by atoms with Crippen LogP contribution in [-0.4, -0.2) is 18.6 Å². The molecule has 5 heteroatoms. The van der Waals surface area contributed by atoms with E-state index in [0.29, 0.717) is 12.3 Å². The molecule has 1 amide bonds. The van der Waals surface area contributed by atoms with Crippen molar-refractivity contribution in [1.82, 2.24) is 0 Å². The van der Waals surface area contributed by atoms with Crippen molar-refractivity contribution in [3.05, 3.63) is 24.0 Å². The van der Waals surface area contributed by atoms with Gasteiger partial charge in [0.1, 0.15) is 11.9 Å². The van der Waals surface area contributed by atoms with Crippen LogP contribution in [0.25, 0.3) is 0 Å². The molecule has 0 bridgehead atoms. The van der Waals surface area contributed by atoms with E-state index in [1.54, 1.807) is 6.92 Å². The Bertz CT molecular complexity index is 438. The fourth-order valence-corrected chi connectivity index (χ4v) is 1.73. The summed E-state index contributed by atoms with van der Waals surface area (Å²) in [6.07, 6.45) is 3.87. The zero-order valence-electron chi connectivity index (χ0n) is 12.1. The van der Waals surface area contributed by atoms with Crippen molar-refractivity contribution >= 4 is 17.3 Å². The number of anilines is 2. The number of carbonyl (C=O) groups excluding carboxylic acids is 1. The minimum atomic E-state index is -0.539. The first-order chi connectivity index (χ1) is 9.54. The summed E-state index contributed by atoms with van der Waals surface area (Å²) in [6.45, 7) is 4.41. The second kappa shape index (κ2) is 8.53. The first-order valence-electron chi connectivity index (χ1n) is 7.02. The number of nitrogen functional groups attached to an aromatic ring is 1. The molecule has 1 unspecified atom stereocenters. The maximum atomic E-state index is 13.0. The SMILES string of the molecule is CCCCCCOC(C)C(=O)Nc1ccc(F)c(N)c1. The van der Waals surface area contributed by atoms with Gasteiger partial charge in [0, 0.05) is 12.3 Å². The van der Waals surface area contributed by atoms with Gasteiger partial charge in [-0.1, -0.05) is 26.2 Å². The van der Waals surface area contributed by atoms with Crippen molar-refractivity contribution in [3.63, 3.8) is 0 Å². The van der Waals surface area contributed by atoms with E-state index in [2.05, 4.69) is 12.2 Å². The summed E-state index contributed by atoms with van der Waals surface area (Å²) >= 11 is 0. The Balaban J connectivity index is 2.35. The highest BCUT2D eigenvalue weighted by Gasteiger charge is 2.13. The Morgan fingerprint density at radius 2 is 2.15 bits per heavy atom. The highest BCUT2D eigenvalue weighted by atomic mass is 19.1. The first-order valence-corrected chi connectivity index (χ1v) is 7.02. The number of nitrogens with two attached hydrogens (primary N) is 1. The van der Waals surface area contributed by atoms with Crippen LogP contribution in [-0.2, 0) is 9.53 Å². The van der Waals surface area contributed by atoms with Gasteiger partial charge in [-0.25, -0.2) is 4.39 Å². The third kappa shape index (κ3) is 5.57. The van der Waals surface area contributed by atoms with Gasteiger partial charge in [0.05, 0.1) is 5.69 Å². The Kier molecular flexibility index (Phi) is 7.01. The number of hydrogen-bond donors (Lipinski definition) is 2. The van der Waals surface area contributed by atoms with Gasteiger partial charge < -0.3 is 15.8 Å². The molecule has 0 saturated heterocycles. The van der Waals surface area contributed by atoms with Gasteiger partial charge in [-0.2, -0.15) is 0 Å². The van der Waals surface area contributed by atoms with Crippen molar-refractivity contribution in [2.45, 2.75) is 45.6 Å². The van der Waals surface area contributed by atoms with Crippen LogP contribution in [0, 0.1) is 5.82 Å². The van der Waals surface area contributed by atoms with Crippen LogP contribution in [0.1, 0.15) is 39.5 Å². The molecule has 1 rings (SSSR count). The van der Waals surface area contributed by atoms with Gasteiger partial charge >= 0.3 is 0 Å². The zero-order chi connectivity index (χ0) is 15.0. The molecule has 0 aliphatic rings. The number of benzene rings is 1. The first kappa shape index (κ1) is 16.4. The molecule has 0 spiro atoms. The number of hydrogen-bond acceptors (Lipinski definition) is 3. The molecule has 0 fully saturated rings. The van der Waals surface area contributed by atoms with E-state index >= 15 is 0 Å². The summed E-state index contributed by atoms with van der Waals surface area (Å²) in [5.41, 5.74) is 5.92. The quantitative estimate of drug-likeness (QED) is 0.568. The monoisotopic (exact) mass is 282 g/mol. The summed E-state index contributed by atoms with van der Waals surface area (Å²) in [4.78, 5) is 11.9. The summed E-state index contributed by atoms with van der Waals surface area (Å²) < 4.78 is 18.5. The standard InChI is InChI=1S/C15H23FN2O2/c1-3-4-5-6-9-20-11(2)15(19)18-12-7-8-13(16)14(17)10-12/h7-8,10-11H,3-6,9,17H2,1-2H3,(H,18,19). The van der Waals surface area contributed by atoms with Gasteiger partial charge in [-0.05, 0) is 31.5 Å². The Hall–Kier alpha value is -1.62. The van der Waals surface area contributed by atoms with Crippen LogP contribution in [0.15, 0.2) is 18.2 Å². The minimum absolute atomic E-state index is 0.0101. The summed E-state index contributed by atoms with van der Waals surface area (Å²) in [6, 6.07) is 4.08. The van der Waals surface area contributed by atoms with Crippen LogP contribution in [0.4, 0.5) is 15.8 Å². The molecule has 0 aliphatic heterocycles. The lowest BCUT2D eigenvalue weighted by molar-refractivity contribution is -0.126. The number of ether oxygens (including phenoxy) is 1. The normalized spacial score (nSPS) is 12.2. The van der Waals surface area contributed by atoms with Crippen molar-refractivity contribution < 1.29 is 13.9 Å². The molecule has 3 N–H and O–H groups in total. The zero-order valence-corrected chi connectivity index (χ0v) is 12.1. The van der Waals surface area contributed by atoms with Crippen molar-refractivity contribution in [2.24, 2.45) is 0 Å². The van der Waals surface area contributed by atoms with Crippen molar-refractivity contribution in [2.75, 3.05) is 17.7 Å². The fourth-order valence-electron chi connectivity index (χ4n) is 1.73. The van der Waals surface area contributed by atoms with Gasteiger partial charge in [0.2, 0.25) is 0 Å². The second-order valence-electron chi connectivity index (χ2n) is 4.80. The Morgan fingerprint density at radius 3 is 2.80 bits per heavy atom. The lowest BCUT2D eigenvalue weighted by Gasteiger charge is -2.13.